The van der Waals surface area contributed by atoms with Gasteiger partial charge in [0.25, 0.3) is 5.91 Å². The smallest absolute Gasteiger partial charge is 0.255 e. The van der Waals surface area contributed by atoms with E-state index in [9.17, 15) is 13.2 Å². The molecule has 0 aliphatic carbocycles. The second-order valence-corrected chi connectivity index (χ2v) is 7.29. The molecule has 1 aliphatic heterocycles. The number of aryl methyl sites for hydroxylation is 1. The second kappa shape index (κ2) is 6.53. The Labute approximate surface area is 125 Å². The molecule has 1 aliphatic rings. The van der Waals surface area contributed by atoms with E-state index in [4.69, 9.17) is 0 Å². The van der Waals surface area contributed by atoms with Gasteiger partial charge in [0.05, 0.1) is 11.8 Å². The van der Waals surface area contributed by atoms with Crippen LogP contribution in [0.5, 0.6) is 0 Å². The maximum absolute atomic E-state index is 12.6. The van der Waals surface area contributed by atoms with E-state index in [2.05, 4.69) is 9.71 Å². The van der Waals surface area contributed by atoms with Crippen LogP contribution in [0, 0.1) is 6.92 Å². The van der Waals surface area contributed by atoms with Crippen LogP contribution >= 0.6 is 0 Å². The van der Waals surface area contributed by atoms with Crippen molar-refractivity contribution < 1.29 is 13.2 Å². The van der Waals surface area contributed by atoms with Crippen molar-refractivity contribution in [1.82, 2.24) is 14.6 Å². The minimum Gasteiger partial charge on any atom is -0.334 e. The summed E-state index contributed by atoms with van der Waals surface area (Å²) in [7, 11) is -3.24. The van der Waals surface area contributed by atoms with Crippen molar-refractivity contribution in [3.63, 3.8) is 0 Å². The fourth-order valence-corrected chi connectivity index (χ4v) is 2.98. The van der Waals surface area contributed by atoms with Gasteiger partial charge < -0.3 is 4.90 Å². The lowest BCUT2D eigenvalue weighted by Crippen LogP contribution is -2.49. The average Bonchev–Trinajstić information content (AvgIpc) is 2.45. The summed E-state index contributed by atoms with van der Waals surface area (Å²) in [6.07, 6.45) is 5.47. The van der Waals surface area contributed by atoms with Crippen molar-refractivity contribution >= 4 is 15.9 Å². The van der Waals surface area contributed by atoms with Gasteiger partial charge in [0.2, 0.25) is 10.0 Å². The van der Waals surface area contributed by atoms with Gasteiger partial charge in [-0.05, 0) is 38.3 Å². The maximum Gasteiger partial charge on any atom is 0.255 e. The standard InChI is InChI=1S/C14H21N3O3S/c1-11-6-7-12(9-15-11)14(18)17-8-4-3-5-13(17)10-16-21(2,19)20/h6-7,9,13,16H,3-5,8,10H2,1-2H3. The van der Waals surface area contributed by atoms with E-state index in [0.717, 1.165) is 31.2 Å². The monoisotopic (exact) mass is 311 g/mol. The lowest BCUT2D eigenvalue weighted by atomic mass is 10.0. The molecule has 0 saturated carbocycles. The largest absolute Gasteiger partial charge is 0.334 e. The second-order valence-electron chi connectivity index (χ2n) is 5.46. The van der Waals surface area contributed by atoms with Crippen LogP contribution in [0.15, 0.2) is 18.3 Å². The summed E-state index contributed by atoms with van der Waals surface area (Å²) in [5, 5.41) is 0. The third-order valence-corrected chi connectivity index (χ3v) is 4.32. The molecular formula is C14H21N3O3S. The molecule has 0 aromatic carbocycles. The van der Waals surface area contributed by atoms with Gasteiger partial charge in [-0.2, -0.15) is 0 Å². The molecule has 0 bridgehead atoms. The topological polar surface area (TPSA) is 79.4 Å². The number of hydrogen-bond donors (Lipinski definition) is 1. The number of rotatable bonds is 4. The number of pyridine rings is 1. The summed E-state index contributed by atoms with van der Waals surface area (Å²) in [4.78, 5) is 18.5. The van der Waals surface area contributed by atoms with Gasteiger partial charge in [-0.3, -0.25) is 9.78 Å². The summed E-state index contributed by atoms with van der Waals surface area (Å²) in [5.41, 5.74) is 1.41. The van der Waals surface area contributed by atoms with Gasteiger partial charge in [-0.15, -0.1) is 0 Å². The lowest BCUT2D eigenvalue weighted by Gasteiger charge is -2.35. The quantitative estimate of drug-likeness (QED) is 0.897. The molecule has 1 aromatic heterocycles. The van der Waals surface area contributed by atoms with Crippen LogP contribution in [0.25, 0.3) is 0 Å². The number of aromatic nitrogens is 1. The number of piperidine rings is 1. The Morgan fingerprint density at radius 1 is 1.43 bits per heavy atom. The van der Waals surface area contributed by atoms with E-state index in [1.165, 1.54) is 0 Å². The highest BCUT2D eigenvalue weighted by molar-refractivity contribution is 7.88. The highest BCUT2D eigenvalue weighted by Crippen LogP contribution is 2.19. The number of carbonyl (C=O) groups excluding carboxylic acids is 1. The van der Waals surface area contributed by atoms with Crippen molar-refractivity contribution in [2.75, 3.05) is 19.3 Å². The maximum atomic E-state index is 12.6. The minimum absolute atomic E-state index is 0.0810. The Morgan fingerprint density at radius 2 is 2.19 bits per heavy atom. The molecule has 1 amide bonds. The predicted octanol–water partition coefficient (Wildman–Crippen LogP) is 0.934. The highest BCUT2D eigenvalue weighted by atomic mass is 32.2. The fraction of sp³-hybridized carbons (Fsp3) is 0.571. The first-order valence-electron chi connectivity index (χ1n) is 7.05. The van der Waals surface area contributed by atoms with Gasteiger partial charge in [0, 0.05) is 31.0 Å². The molecule has 1 saturated heterocycles. The van der Waals surface area contributed by atoms with Crippen molar-refractivity contribution in [1.29, 1.82) is 0 Å². The number of amides is 1. The van der Waals surface area contributed by atoms with E-state index in [1.54, 1.807) is 23.2 Å². The van der Waals surface area contributed by atoms with Crippen LogP contribution in [-0.2, 0) is 10.0 Å². The fourth-order valence-electron chi connectivity index (χ4n) is 2.49. The van der Waals surface area contributed by atoms with Crippen molar-refractivity contribution in [2.45, 2.75) is 32.2 Å². The Kier molecular flexibility index (Phi) is 4.95. The van der Waals surface area contributed by atoms with E-state index in [1.807, 2.05) is 6.92 Å². The molecule has 1 aromatic rings. The number of nitrogens with one attached hydrogen (secondary N) is 1. The van der Waals surface area contributed by atoms with Gasteiger partial charge in [-0.1, -0.05) is 0 Å². The third kappa shape index (κ3) is 4.50. The zero-order valence-corrected chi connectivity index (χ0v) is 13.2. The zero-order valence-electron chi connectivity index (χ0n) is 12.4. The average molecular weight is 311 g/mol. The molecule has 6 nitrogen and oxygen atoms in total. The van der Waals surface area contributed by atoms with Crippen LogP contribution in [0.2, 0.25) is 0 Å². The number of likely N-dealkylation sites (tertiary alicyclic amines) is 1. The van der Waals surface area contributed by atoms with Crippen LogP contribution < -0.4 is 4.72 Å². The van der Waals surface area contributed by atoms with E-state index in [0.29, 0.717) is 12.1 Å². The normalized spacial score (nSPS) is 19.5. The van der Waals surface area contributed by atoms with Gasteiger partial charge in [-0.25, -0.2) is 13.1 Å². The summed E-state index contributed by atoms with van der Waals surface area (Å²) >= 11 is 0. The summed E-state index contributed by atoms with van der Waals surface area (Å²) in [6.45, 7) is 2.79. The van der Waals surface area contributed by atoms with Crippen molar-refractivity contribution in [3.05, 3.63) is 29.6 Å². The Hall–Kier alpha value is -1.47. The molecule has 1 fully saturated rings. The molecule has 2 heterocycles. The minimum atomic E-state index is -3.24. The highest BCUT2D eigenvalue weighted by Gasteiger charge is 2.28. The summed E-state index contributed by atoms with van der Waals surface area (Å²) < 4.78 is 25.0. The van der Waals surface area contributed by atoms with E-state index >= 15 is 0 Å². The van der Waals surface area contributed by atoms with Gasteiger partial charge >= 0.3 is 0 Å². The zero-order chi connectivity index (χ0) is 15.5. The van der Waals surface area contributed by atoms with Crippen molar-refractivity contribution in [2.24, 2.45) is 0 Å². The molecule has 1 atom stereocenters. The Balaban J connectivity index is 2.10. The van der Waals surface area contributed by atoms with Crippen molar-refractivity contribution in [3.8, 4) is 0 Å². The molecule has 2 rings (SSSR count). The van der Waals surface area contributed by atoms with Crippen LogP contribution in [0.1, 0.15) is 35.3 Å². The predicted molar refractivity (Wildman–Crippen MR) is 80.5 cm³/mol. The molecule has 7 heteroatoms. The van der Waals surface area contributed by atoms with Crippen LogP contribution in [-0.4, -0.2) is 49.6 Å². The molecule has 0 spiro atoms. The SMILES string of the molecule is Cc1ccc(C(=O)N2CCCCC2CNS(C)(=O)=O)cn1. The van der Waals surface area contributed by atoms with Gasteiger partial charge in [0.1, 0.15) is 0 Å². The van der Waals surface area contributed by atoms with E-state index in [-0.39, 0.29) is 18.5 Å². The summed E-state index contributed by atoms with van der Waals surface area (Å²) in [6, 6.07) is 3.48. The summed E-state index contributed by atoms with van der Waals surface area (Å²) in [5.74, 6) is -0.0810. The number of sulfonamides is 1. The molecule has 1 unspecified atom stereocenters. The molecule has 116 valence electrons. The van der Waals surface area contributed by atoms with Crippen LogP contribution in [0.4, 0.5) is 0 Å². The number of nitrogens with zero attached hydrogens (tertiary/aromatic N) is 2. The van der Waals surface area contributed by atoms with Crippen LogP contribution in [0.3, 0.4) is 0 Å². The molecule has 21 heavy (non-hydrogen) atoms. The number of hydrogen-bond acceptors (Lipinski definition) is 4. The Morgan fingerprint density at radius 3 is 2.81 bits per heavy atom. The Bertz CT molecular complexity index is 598. The lowest BCUT2D eigenvalue weighted by molar-refractivity contribution is 0.0618. The third-order valence-electron chi connectivity index (χ3n) is 3.63. The van der Waals surface area contributed by atoms with Gasteiger partial charge in [0.15, 0.2) is 0 Å². The first-order chi connectivity index (χ1) is 9.87. The van der Waals surface area contributed by atoms with E-state index < -0.39 is 10.0 Å². The molecule has 0 radical (unpaired) electrons. The molecular weight excluding hydrogens is 290 g/mol. The first-order valence-corrected chi connectivity index (χ1v) is 8.94. The first kappa shape index (κ1) is 15.9. The molecule has 1 N–H and O–H groups in total. The number of carbonyl (C=O) groups is 1.